The molecule has 0 spiro atoms. The molecule has 10 heteroatoms. The first kappa shape index (κ1) is 81.5. The van der Waals surface area contributed by atoms with Crippen LogP contribution in [0.3, 0.4) is 0 Å². The molecule has 3 heterocycles. The number of aliphatic carboxylic acids is 1. The number of hydrogen-bond donors (Lipinski definition) is 3. The van der Waals surface area contributed by atoms with Crippen molar-refractivity contribution in [2.24, 2.45) is 60.6 Å². The highest BCUT2D eigenvalue weighted by molar-refractivity contribution is 5.83. The van der Waals surface area contributed by atoms with Crippen molar-refractivity contribution in [2.45, 2.75) is 298 Å². The SMILES string of the molecule is C.CC(=O)C(C)(C)C.CC(=O)CCC(C)(C)C(C)(C)C.CC(C)(C)C(C)(C)C(=O)O.CC(C)(C)C1CCCCN1.CC(C)(C)C1CCNCC1.CC(C)(C)OC(=O)N1CCC(C(C)(C)C)CC1.CCC(=O)C(C)(C)C. The first-order chi connectivity index (χ1) is 32.6. The number of ether oxygens (including phenoxy) is 1. The first-order valence-corrected chi connectivity index (χ1v) is 28.8. The number of carboxylic acids is 1. The van der Waals surface area contributed by atoms with Crippen molar-refractivity contribution >= 4 is 29.4 Å². The number of amides is 1. The molecule has 3 aliphatic heterocycles. The average Bonchev–Trinajstić information content (AvgIpc) is 3.21. The molecule has 0 bridgehead atoms. The molecule has 3 rings (SSSR count). The van der Waals surface area contributed by atoms with Gasteiger partial charge in [-0.15, -0.1) is 0 Å². The van der Waals surface area contributed by atoms with Crippen LogP contribution in [0.5, 0.6) is 0 Å². The summed E-state index contributed by atoms with van der Waals surface area (Å²) in [6.45, 7) is 69.1. The predicted octanol–water partition coefficient (Wildman–Crippen LogP) is 17.7. The number of carbonyl (C=O) groups excluding carboxylic acids is 4. The van der Waals surface area contributed by atoms with Gasteiger partial charge in [0.25, 0.3) is 0 Å². The van der Waals surface area contributed by atoms with Gasteiger partial charge in [-0.3, -0.25) is 14.4 Å². The summed E-state index contributed by atoms with van der Waals surface area (Å²) in [6, 6.07) is 0.751. The van der Waals surface area contributed by atoms with Crippen LogP contribution in [0.2, 0.25) is 0 Å². The minimum atomic E-state index is -0.736. The quantitative estimate of drug-likeness (QED) is 0.245. The van der Waals surface area contributed by atoms with Crippen LogP contribution in [-0.4, -0.2) is 83.8 Å². The van der Waals surface area contributed by atoms with Crippen LogP contribution in [0.4, 0.5) is 4.79 Å². The molecule has 75 heavy (non-hydrogen) atoms. The Morgan fingerprint density at radius 1 is 0.547 bits per heavy atom. The van der Waals surface area contributed by atoms with Gasteiger partial charge in [-0.25, -0.2) is 4.79 Å². The molecule has 0 saturated carbocycles. The van der Waals surface area contributed by atoms with Crippen molar-refractivity contribution in [3.8, 4) is 0 Å². The lowest BCUT2D eigenvalue weighted by molar-refractivity contribution is -0.153. The van der Waals surface area contributed by atoms with E-state index in [0.29, 0.717) is 46.6 Å². The summed E-state index contributed by atoms with van der Waals surface area (Å²) in [6.07, 6.45) is 11.2. The maximum Gasteiger partial charge on any atom is 0.410 e. The zero-order chi connectivity index (χ0) is 59.9. The smallest absolute Gasteiger partial charge is 0.410 e. The molecule has 0 aromatic rings. The van der Waals surface area contributed by atoms with Crippen LogP contribution >= 0.6 is 0 Å². The van der Waals surface area contributed by atoms with Crippen LogP contribution in [0.15, 0.2) is 0 Å². The molecule has 1 atom stereocenters. The van der Waals surface area contributed by atoms with Gasteiger partial charge in [-0.2, -0.15) is 0 Å². The number of Topliss-reactive ketones (excluding diaryl/α,β-unsaturated/α-hetero) is 3. The van der Waals surface area contributed by atoms with Crippen molar-refractivity contribution in [3.05, 3.63) is 0 Å². The standard InChI is InChI=1S/C14H27NO2.C11H22O.2C9H19N.C8H16O2.C7H14O.C6H12O.CH4/c1-13(2,3)11-7-9-15(10-8-11)12(16)17-14(4,5)6;1-9(12)7-8-11(5,6)10(2,3)4;1-9(2,3)8-4-6-10-7-5-8;1-9(2,3)8-6-4-5-7-10-8;1-7(2,3)8(4,5)6(9)10;1-5-6(8)7(2,3)4;1-5(7)6(2,3)4;/h11H,7-10H2,1-6H3;7-8H2,1-6H3;2*8,10H,4-7H2,1-3H3;1-5H3,(H,9,10);5H2,1-4H3;1-4H3;1H4. The van der Waals surface area contributed by atoms with E-state index >= 15 is 0 Å². The molecule has 10 nitrogen and oxygen atoms in total. The predicted molar refractivity (Wildman–Crippen MR) is 326 cm³/mol. The Hall–Kier alpha value is -2.33. The molecule has 450 valence electrons. The zero-order valence-electron chi connectivity index (χ0n) is 55.2. The Morgan fingerprint density at radius 3 is 1.15 bits per heavy atom. The topological polar surface area (TPSA) is 142 Å². The van der Waals surface area contributed by atoms with Gasteiger partial charge in [0.05, 0.1) is 5.41 Å². The average molecular weight is 1070 g/mol. The van der Waals surface area contributed by atoms with E-state index in [1.807, 2.05) is 94.9 Å². The van der Waals surface area contributed by atoms with E-state index in [4.69, 9.17) is 9.84 Å². The number of carboxylic acid groups (broad SMARTS) is 1. The van der Waals surface area contributed by atoms with E-state index < -0.39 is 17.0 Å². The molecule has 0 aliphatic carbocycles. The molecule has 0 aromatic carbocycles. The number of nitrogens with one attached hydrogen (secondary N) is 2. The van der Waals surface area contributed by atoms with Gasteiger partial charge in [0, 0.05) is 42.8 Å². The second-order valence-electron chi connectivity index (χ2n) is 31.2. The lowest BCUT2D eigenvalue weighted by Gasteiger charge is -2.39. The number of nitrogens with zero attached hydrogens (tertiary/aromatic N) is 1. The maximum atomic E-state index is 11.9. The number of carbonyl (C=O) groups is 5. The molecule has 3 N–H and O–H groups in total. The van der Waals surface area contributed by atoms with E-state index in [9.17, 15) is 24.0 Å². The number of piperidine rings is 3. The van der Waals surface area contributed by atoms with Gasteiger partial charge >= 0.3 is 12.1 Å². The molecule has 3 aliphatic rings. The van der Waals surface area contributed by atoms with Crippen molar-refractivity contribution in [1.29, 1.82) is 0 Å². The van der Waals surface area contributed by atoms with Crippen molar-refractivity contribution in [1.82, 2.24) is 15.5 Å². The van der Waals surface area contributed by atoms with Crippen LogP contribution in [0.1, 0.15) is 286 Å². The van der Waals surface area contributed by atoms with Crippen LogP contribution < -0.4 is 10.6 Å². The van der Waals surface area contributed by atoms with E-state index in [1.165, 1.54) is 51.7 Å². The summed E-state index contributed by atoms with van der Waals surface area (Å²) in [5.41, 5.74) is 0.377. The fourth-order valence-corrected chi connectivity index (χ4v) is 7.25. The highest BCUT2D eigenvalue weighted by Crippen LogP contribution is 2.42. The lowest BCUT2D eigenvalue weighted by atomic mass is 9.67. The Morgan fingerprint density at radius 2 is 0.947 bits per heavy atom. The molecular weight excluding hydrogens is 935 g/mol. The number of hydrogen-bond acceptors (Lipinski definition) is 8. The normalized spacial score (nSPS) is 17.4. The molecule has 1 unspecified atom stereocenters. The van der Waals surface area contributed by atoms with E-state index in [0.717, 1.165) is 44.3 Å². The minimum absolute atomic E-state index is 0. The van der Waals surface area contributed by atoms with Crippen molar-refractivity contribution < 1.29 is 33.8 Å². The maximum absolute atomic E-state index is 11.9. The van der Waals surface area contributed by atoms with Gasteiger partial charge in [-0.1, -0.05) is 180 Å². The largest absolute Gasteiger partial charge is 0.481 e. The van der Waals surface area contributed by atoms with E-state index in [2.05, 4.69) is 108 Å². The van der Waals surface area contributed by atoms with Crippen molar-refractivity contribution in [3.63, 3.8) is 0 Å². The summed E-state index contributed by atoms with van der Waals surface area (Å²) in [4.78, 5) is 56.5. The molecular formula is C65H133N3O7. The summed E-state index contributed by atoms with van der Waals surface area (Å²) in [5.74, 6) is 1.78. The van der Waals surface area contributed by atoms with Crippen LogP contribution in [0.25, 0.3) is 0 Å². The summed E-state index contributed by atoms with van der Waals surface area (Å²) in [7, 11) is 0. The lowest BCUT2D eigenvalue weighted by Crippen LogP contribution is -2.43. The summed E-state index contributed by atoms with van der Waals surface area (Å²) >= 11 is 0. The Labute approximate surface area is 468 Å². The fraction of sp³-hybridized carbons (Fsp3) is 0.923. The minimum Gasteiger partial charge on any atom is -0.481 e. The van der Waals surface area contributed by atoms with Crippen LogP contribution in [-0.2, 0) is 23.9 Å². The summed E-state index contributed by atoms with van der Waals surface area (Å²) in [5, 5.41) is 15.7. The van der Waals surface area contributed by atoms with Crippen molar-refractivity contribution in [2.75, 3.05) is 32.7 Å². The second kappa shape index (κ2) is 34.0. The van der Waals surface area contributed by atoms with Gasteiger partial charge < -0.3 is 30.2 Å². The third-order valence-electron chi connectivity index (χ3n) is 16.0. The zero-order valence-corrected chi connectivity index (χ0v) is 55.2. The second-order valence-corrected chi connectivity index (χ2v) is 31.2. The third-order valence-corrected chi connectivity index (χ3v) is 16.0. The molecule has 0 radical (unpaired) electrons. The first-order valence-electron chi connectivity index (χ1n) is 28.8. The third kappa shape index (κ3) is 38.8. The highest BCUT2D eigenvalue weighted by atomic mass is 16.6. The van der Waals surface area contributed by atoms with E-state index in [-0.39, 0.29) is 46.4 Å². The molecule has 0 aromatic heterocycles. The van der Waals surface area contributed by atoms with Gasteiger partial charge in [0.15, 0.2) is 0 Å². The van der Waals surface area contributed by atoms with Crippen LogP contribution in [0, 0.1) is 60.6 Å². The number of likely N-dealkylation sites (tertiary alicyclic amines) is 1. The van der Waals surface area contributed by atoms with Gasteiger partial charge in [0.2, 0.25) is 0 Å². The Bertz CT molecular complexity index is 1560. The Balaban J connectivity index is -0.000000258. The number of ketones is 3. The molecule has 3 fully saturated rings. The Kier molecular flexibility index (Phi) is 36.9. The highest BCUT2D eigenvalue weighted by Gasteiger charge is 2.40. The van der Waals surface area contributed by atoms with E-state index in [1.54, 1.807) is 27.7 Å². The van der Waals surface area contributed by atoms with Gasteiger partial charge in [0.1, 0.15) is 23.0 Å². The monoisotopic (exact) mass is 1070 g/mol. The fourth-order valence-electron chi connectivity index (χ4n) is 7.25. The number of rotatable bonds is 5. The summed E-state index contributed by atoms with van der Waals surface area (Å²) < 4.78 is 5.39. The molecule has 3 saturated heterocycles. The molecule has 1 amide bonds. The van der Waals surface area contributed by atoms with Gasteiger partial charge in [-0.05, 0) is 157 Å².